The molecular weight excluding hydrogens is 1210 g/mol. The fourth-order valence-corrected chi connectivity index (χ4v) is 12.7. The summed E-state index contributed by atoms with van der Waals surface area (Å²) in [5.41, 5.74) is 0. The maximum absolute atomic E-state index is 13.1. The molecular formula is C73H142O17P2. The van der Waals surface area contributed by atoms with Crippen molar-refractivity contribution in [1.82, 2.24) is 0 Å². The minimum Gasteiger partial charge on any atom is -0.462 e. The lowest BCUT2D eigenvalue weighted by Crippen LogP contribution is -2.30. The quantitative estimate of drug-likeness (QED) is 0.0222. The molecule has 0 saturated carbocycles. The molecule has 0 radical (unpaired) electrons. The number of phosphoric acid groups is 2. The van der Waals surface area contributed by atoms with E-state index in [1.807, 2.05) is 0 Å². The van der Waals surface area contributed by atoms with Crippen molar-refractivity contribution in [2.45, 2.75) is 388 Å². The summed E-state index contributed by atoms with van der Waals surface area (Å²) >= 11 is 0. The largest absolute Gasteiger partial charge is 0.472 e. The van der Waals surface area contributed by atoms with Crippen LogP contribution in [0.5, 0.6) is 0 Å². The second-order valence-electron chi connectivity index (χ2n) is 27.8. The van der Waals surface area contributed by atoms with E-state index in [-0.39, 0.29) is 25.7 Å². The van der Waals surface area contributed by atoms with E-state index in [0.29, 0.717) is 37.5 Å². The van der Waals surface area contributed by atoms with E-state index in [1.165, 1.54) is 173 Å². The van der Waals surface area contributed by atoms with Gasteiger partial charge in [-0.1, -0.05) is 318 Å². The first kappa shape index (κ1) is 90.1. The molecule has 0 aliphatic rings. The normalized spacial score (nSPS) is 14.1. The predicted molar refractivity (Wildman–Crippen MR) is 372 cm³/mol. The number of phosphoric ester groups is 2. The zero-order chi connectivity index (χ0) is 68.0. The van der Waals surface area contributed by atoms with Gasteiger partial charge in [0.2, 0.25) is 0 Å². The molecule has 0 saturated heterocycles. The van der Waals surface area contributed by atoms with Crippen molar-refractivity contribution in [2.75, 3.05) is 39.6 Å². The van der Waals surface area contributed by atoms with Crippen LogP contribution in [0.2, 0.25) is 0 Å². The van der Waals surface area contributed by atoms with Gasteiger partial charge in [0.05, 0.1) is 26.4 Å². The highest BCUT2D eigenvalue weighted by atomic mass is 31.2. The van der Waals surface area contributed by atoms with Crippen LogP contribution in [0.15, 0.2) is 0 Å². The Hall–Kier alpha value is -1.94. The van der Waals surface area contributed by atoms with Gasteiger partial charge in [-0.05, 0) is 43.4 Å². The Bertz CT molecular complexity index is 1800. The number of aliphatic hydroxyl groups excluding tert-OH is 1. The molecule has 0 rings (SSSR count). The molecule has 0 spiro atoms. The van der Waals surface area contributed by atoms with Crippen molar-refractivity contribution in [2.24, 2.45) is 17.8 Å². The Morgan fingerprint density at radius 1 is 0.293 bits per heavy atom. The molecule has 0 heterocycles. The van der Waals surface area contributed by atoms with Crippen LogP contribution < -0.4 is 0 Å². The highest BCUT2D eigenvalue weighted by Gasteiger charge is 2.30. The molecule has 19 heteroatoms. The molecule has 546 valence electrons. The van der Waals surface area contributed by atoms with Gasteiger partial charge in [0.1, 0.15) is 19.3 Å². The van der Waals surface area contributed by atoms with Gasteiger partial charge in [-0.25, -0.2) is 9.13 Å². The minimum absolute atomic E-state index is 0.103. The van der Waals surface area contributed by atoms with Gasteiger partial charge in [0.15, 0.2) is 12.2 Å². The number of ether oxygens (including phenoxy) is 4. The number of unbranched alkanes of at least 4 members (excludes halogenated alkanes) is 39. The molecule has 0 aliphatic carbocycles. The third-order valence-electron chi connectivity index (χ3n) is 16.9. The Morgan fingerprint density at radius 2 is 0.500 bits per heavy atom. The second-order valence-corrected chi connectivity index (χ2v) is 30.7. The Morgan fingerprint density at radius 3 is 0.739 bits per heavy atom. The summed E-state index contributed by atoms with van der Waals surface area (Å²) in [4.78, 5) is 72.6. The lowest BCUT2D eigenvalue weighted by atomic mass is 10.0. The van der Waals surface area contributed by atoms with Crippen molar-refractivity contribution in [3.8, 4) is 0 Å². The topological polar surface area (TPSA) is 237 Å². The molecule has 92 heavy (non-hydrogen) atoms. The third kappa shape index (κ3) is 66.7. The summed E-state index contributed by atoms with van der Waals surface area (Å²) in [5, 5.41) is 10.6. The maximum atomic E-state index is 13.1. The summed E-state index contributed by atoms with van der Waals surface area (Å²) < 4.78 is 68.4. The number of esters is 4. The number of aliphatic hydroxyl groups is 1. The number of carbonyl (C=O) groups excluding carboxylic acids is 4. The van der Waals surface area contributed by atoms with E-state index in [0.717, 1.165) is 102 Å². The van der Waals surface area contributed by atoms with Crippen molar-refractivity contribution >= 4 is 39.5 Å². The Labute approximate surface area is 562 Å². The van der Waals surface area contributed by atoms with E-state index >= 15 is 0 Å². The zero-order valence-electron chi connectivity index (χ0n) is 60.0. The standard InChI is InChI=1S/C73H142O17P2/c1-8-9-10-11-12-13-14-15-20-23-26-33-40-47-54-70(75)83-60-68(89-72(77)56-49-42-34-27-24-21-18-16-17-19-22-25-30-37-44-51-64(2)3)62-87-91(79,80)85-58-67(74)59-86-92(81,82)88-63-69(90-73(78)57-50-43-36-29-32-39-46-53-66(6)7)61-84-71(76)55-48-41-35-28-31-38-45-52-65(4)5/h64-69,74H,8-63H2,1-7H3,(H,79,80)(H,81,82)/t67-,68-,69-/m1/s1. The average Bonchev–Trinajstić information content (AvgIpc) is 3.29. The SMILES string of the molecule is CCCCCCCCCCCCCCCCC(=O)OC[C@H](COP(=O)(O)OC[C@@H](O)COP(=O)(O)OC[C@@H](COC(=O)CCCCCCCCCC(C)C)OC(=O)CCCCCCCCCC(C)C)OC(=O)CCCCCCCCCCCCCCCCCC(C)C. The first-order chi connectivity index (χ1) is 44.2. The summed E-state index contributed by atoms with van der Waals surface area (Å²) in [7, 11) is -9.90. The van der Waals surface area contributed by atoms with Gasteiger partial charge in [-0.3, -0.25) is 37.3 Å². The molecule has 3 N–H and O–H groups in total. The highest BCUT2D eigenvalue weighted by molar-refractivity contribution is 7.47. The van der Waals surface area contributed by atoms with Crippen LogP contribution in [0, 0.1) is 17.8 Å². The van der Waals surface area contributed by atoms with Crippen LogP contribution in [-0.4, -0.2) is 96.7 Å². The molecule has 2 unspecified atom stereocenters. The van der Waals surface area contributed by atoms with E-state index < -0.39 is 97.5 Å². The van der Waals surface area contributed by atoms with E-state index in [9.17, 15) is 43.2 Å². The molecule has 5 atom stereocenters. The fraction of sp³-hybridized carbons (Fsp3) is 0.945. The van der Waals surface area contributed by atoms with Gasteiger partial charge >= 0.3 is 39.5 Å². The van der Waals surface area contributed by atoms with Gasteiger partial charge in [-0.15, -0.1) is 0 Å². The number of hydrogen-bond donors (Lipinski definition) is 3. The van der Waals surface area contributed by atoms with Crippen LogP contribution in [0.4, 0.5) is 0 Å². The van der Waals surface area contributed by atoms with Crippen molar-refractivity contribution in [1.29, 1.82) is 0 Å². The first-order valence-corrected chi connectivity index (χ1v) is 40.8. The van der Waals surface area contributed by atoms with Crippen molar-refractivity contribution in [3.63, 3.8) is 0 Å². The number of hydrogen-bond acceptors (Lipinski definition) is 15. The van der Waals surface area contributed by atoms with Gasteiger partial charge in [-0.2, -0.15) is 0 Å². The van der Waals surface area contributed by atoms with Crippen LogP contribution >= 0.6 is 15.6 Å². The van der Waals surface area contributed by atoms with Crippen LogP contribution in [0.25, 0.3) is 0 Å². The summed E-state index contributed by atoms with van der Waals surface area (Å²) in [6.07, 6.45) is 48.8. The molecule has 17 nitrogen and oxygen atoms in total. The van der Waals surface area contributed by atoms with Crippen molar-refractivity contribution in [3.05, 3.63) is 0 Å². The minimum atomic E-state index is -4.95. The van der Waals surface area contributed by atoms with Crippen LogP contribution in [-0.2, 0) is 65.4 Å². The lowest BCUT2D eigenvalue weighted by Gasteiger charge is -2.21. The molecule has 0 amide bonds. The van der Waals surface area contributed by atoms with E-state index in [4.69, 9.17) is 37.0 Å². The average molecular weight is 1350 g/mol. The predicted octanol–water partition coefficient (Wildman–Crippen LogP) is 21.0. The summed E-state index contributed by atoms with van der Waals surface area (Å²) in [6.45, 7) is 11.8. The Kier molecular flexibility index (Phi) is 62.4. The van der Waals surface area contributed by atoms with Gasteiger partial charge in [0, 0.05) is 25.7 Å². The summed E-state index contributed by atoms with van der Waals surface area (Å²) in [6, 6.07) is 0. The van der Waals surface area contributed by atoms with Crippen LogP contribution in [0.1, 0.15) is 370 Å². The number of rotatable bonds is 71. The fourth-order valence-electron chi connectivity index (χ4n) is 11.1. The molecule has 0 aromatic rings. The smallest absolute Gasteiger partial charge is 0.462 e. The summed E-state index contributed by atoms with van der Waals surface area (Å²) in [5.74, 6) is 0.0790. The maximum Gasteiger partial charge on any atom is 0.472 e. The van der Waals surface area contributed by atoms with E-state index in [2.05, 4.69) is 48.5 Å². The monoisotopic (exact) mass is 1350 g/mol. The van der Waals surface area contributed by atoms with Gasteiger partial charge in [0.25, 0.3) is 0 Å². The van der Waals surface area contributed by atoms with Crippen LogP contribution in [0.3, 0.4) is 0 Å². The highest BCUT2D eigenvalue weighted by Crippen LogP contribution is 2.45. The second kappa shape index (κ2) is 63.8. The lowest BCUT2D eigenvalue weighted by molar-refractivity contribution is -0.161. The van der Waals surface area contributed by atoms with E-state index in [1.54, 1.807) is 0 Å². The van der Waals surface area contributed by atoms with Gasteiger partial charge < -0.3 is 33.8 Å². The van der Waals surface area contributed by atoms with Crippen molar-refractivity contribution < 1.29 is 80.2 Å². The molecule has 0 bridgehead atoms. The Balaban J connectivity index is 5.23. The molecule has 0 aromatic carbocycles. The zero-order valence-corrected chi connectivity index (χ0v) is 61.8. The first-order valence-electron chi connectivity index (χ1n) is 37.8. The molecule has 0 fully saturated rings. The third-order valence-corrected chi connectivity index (χ3v) is 18.8. The number of carbonyl (C=O) groups is 4. The molecule has 0 aromatic heterocycles. The molecule has 0 aliphatic heterocycles.